The van der Waals surface area contributed by atoms with Crippen LogP contribution < -0.4 is 10.6 Å². The molecule has 0 fully saturated rings. The zero-order valence-electron chi connectivity index (χ0n) is 10.7. The summed E-state index contributed by atoms with van der Waals surface area (Å²) in [4.78, 5) is 2.13. The first-order valence-electron chi connectivity index (χ1n) is 6.07. The monoisotopic (exact) mass is 338 g/mol. The van der Waals surface area contributed by atoms with Crippen molar-refractivity contribution in [3.63, 3.8) is 0 Å². The van der Waals surface area contributed by atoms with Gasteiger partial charge in [-0.2, -0.15) is 0 Å². The van der Waals surface area contributed by atoms with Crippen LogP contribution in [0, 0.1) is 0 Å². The van der Waals surface area contributed by atoms with Gasteiger partial charge in [0.15, 0.2) is 0 Å². The highest BCUT2D eigenvalue weighted by atomic mass is 79.9. The fourth-order valence-electron chi connectivity index (χ4n) is 1.96. The van der Waals surface area contributed by atoms with Crippen molar-refractivity contribution in [2.75, 3.05) is 24.2 Å². The van der Waals surface area contributed by atoms with Crippen LogP contribution in [0.3, 0.4) is 0 Å². The van der Waals surface area contributed by atoms with E-state index in [1.165, 1.54) is 5.56 Å². The molecule has 0 aromatic heterocycles. The third kappa shape index (κ3) is 3.88. The molecule has 0 unspecified atom stereocenters. The quantitative estimate of drug-likeness (QED) is 0.838. The van der Waals surface area contributed by atoms with Crippen molar-refractivity contribution in [1.29, 1.82) is 0 Å². The van der Waals surface area contributed by atoms with Crippen molar-refractivity contribution in [3.8, 4) is 0 Å². The summed E-state index contributed by atoms with van der Waals surface area (Å²) in [5.74, 6) is 0. The Labute approximate surface area is 127 Å². The van der Waals surface area contributed by atoms with Gasteiger partial charge in [0.2, 0.25) is 0 Å². The molecule has 0 saturated heterocycles. The van der Waals surface area contributed by atoms with E-state index in [1.807, 2.05) is 37.4 Å². The van der Waals surface area contributed by atoms with Crippen molar-refractivity contribution >= 4 is 38.9 Å². The van der Waals surface area contributed by atoms with E-state index >= 15 is 0 Å². The van der Waals surface area contributed by atoms with E-state index in [4.69, 9.17) is 17.3 Å². The lowest BCUT2D eigenvalue weighted by atomic mass is 10.1. The predicted octanol–water partition coefficient (Wildman–Crippen LogP) is 4.36. The molecule has 0 radical (unpaired) electrons. The maximum Gasteiger partial charge on any atom is 0.0612 e. The van der Waals surface area contributed by atoms with Gasteiger partial charge in [0.1, 0.15) is 0 Å². The van der Waals surface area contributed by atoms with Gasteiger partial charge in [0.05, 0.1) is 11.4 Å². The van der Waals surface area contributed by atoms with E-state index < -0.39 is 0 Å². The fourth-order valence-corrected chi connectivity index (χ4v) is 2.57. The average Bonchev–Trinajstić information content (AvgIpc) is 2.39. The highest BCUT2D eigenvalue weighted by molar-refractivity contribution is 9.10. The van der Waals surface area contributed by atoms with Gasteiger partial charge in [-0.05, 0) is 42.3 Å². The molecular formula is C15H16BrClN2. The first-order chi connectivity index (χ1) is 9.06. The van der Waals surface area contributed by atoms with Crippen LogP contribution in [-0.2, 0) is 6.42 Å². The number of nitrogens with two attached hydrogens (primary N) is 1. The number of hydrogen-bond donors (Lipinski definition) is 1. The zero-order valence-corrected chi connectivity index (χ0v) is 13.1. The molecule has 0 bridgehead atoms. The minimum absolute atomic E-state index is 0.707. The molecule has 0 spiro atoms. The Morgan fingerprint density at radius 2 is 2.00 bits per heavy atom. The van der Waals surface area contributed by atoms with Gasteiger partial charge in [-0.3, -0.25) is 0 Å². The summed E-state index contributed by atoms with van der Waals surface area (Å²) in [6.07, 6.45) is 0.960. The number of nitrogen functional groups attached to an aromatic ring is 1. The summed E-state index contributed by atoms with van der Waals surface area (Å²) in [5.41, 5.74) is 8.99. The second-order valence-corrected chi connectivity index (χ2v) is 5.86. The topological polar surface area (TPSA) is 29.3 Å². The third-order valence-corrected chi connectivity index (χ3v) is 3.76. The van der Waals surface area contributed by atoms with Gasteiger partial charge >= 0.3 is 0 Å². The van der Waals surface area contributed by atoms with Crippen LogP contribution >= 0.6 is 27.5 Å². The van der Waals surface area contributed by atoms with Crippen LogP contribution in [0.25, 0.3) is 0 Å². The van der Waals surface area contributed by atoms with Crippen molar-refractivity contribution in [2.24, 2.45) is 0 Å². The zero-order chi connectivity index (χ0) is 13.8. The van der Waals surface area contributed by atoms with Gasteiger partial charge in [0, 0.05) is 23.1 Å². The van der Waals surface area contributed by atoms with Crippen LogP contribution in [0.5, 0.6) is 0 Å². The standard InChI is InChI=1S/C15H16BrClN2/c1-19(15-10-13(17)5-6-14(15)18)8-7-11-3-2-4-12(16)9-11/h2-6,9-10H,7-8,18H2,1H3. The van der Waals surface area contributed by atoms with E-state index in [0.29, 0.717) is 5.02 Å². The van der Waals surface area contributed by atoms with Crippen LogP contribution in [0.4, 0.5) is 11.4 Å². The summed E-state index contributed by atoms with van der Waals surface area (Å²) in [6, 6.07) is 13.9. The molecule has 0 heterocycles. The molecule has 0 amide bonds. The highest BCUT2D eigenvalue weighted by Gasteiger charge is 2.06. The molecule has 2 N–H and O–H groups in total. The lowest BCUT2D eigenvalue weighted by molar-refractivity contribution is 0.877. The van der Waals surface area contributed by atoms with E-state index in [9.17, 15) is 0 Å². The maximum atomic E-state index is 6.01. The van der Waals surface area contributed by atoms with Crippen molar-refractivity contribution in [3.05, 3.63) is 57.5 Å². The maximum absolute atomic E-state index is 6.01. The molecule has 0 saturated carbocycles. The number of rotatable bonds is 4. The average molecular weight is 340 g/mol. The minimum atomic E-state index is 0.707. The second kappa shape index (κ2) is 6.31. The molecule has 2 nitrogen and oxygen atoms in total. The van der Waals surface area contributed by atoms with Crippen molar-refractivity contribution in [1.82, 2.24) is 0 Å². The molecule has 2 aromatic carbocycles. The second-order valence-electron chi connectivity index (χ2n) is 4.50. The van der Waals surface area contributed by atoms with E-state index in [1.54, 1.807) is 0 Å². The van der Waals surface area contributed by atoms with E-state index in [2.05, 4.69) is 33.0 Å². The first kappa shape index (κ1) is 14.2. The van der Waals surface area contributed by atoms with Gasteiger partial charge < -0.3 is 10.6 Å². The number of likely N-dealkylation sites (N-methyl/N-ethyl adjacent to an activating group) is 1. The normalized spacial score (nSPS) is 10.5. The number of halogens is 2. The molecule has 0 aliphatic heterocycles. The number of nitrogens with zero attached hydrogens (tertiary/aromatic N) is 1. The SMILES string of the molecule is CN(CCc1cccc(Br)c1)c1cc(Cl)ccc1N. The lowest BCUT2D eigenvalue weighted by Gasteiger charge is -2.21. The van der Waals surface area contributed by atoms with Gasteiger partial charge in [-0.25, -0.2) is 0 Å². The fraction of sp³-hybridized carbons (Fsp3) is 0.200. The summed E-state index contributed by atoms with van der Waals surface area (Å²) >= 11 is 9.49. The van der Waals surface area contributed by atoms with Crippen LogP contribution in [0.15, 0.2) is 46.9 Å². The molecule has 2 rings (SSSR count). The largest absolute Gasteiger partial charge is 0.397 e. The van der Waals surface area contributed by atoms with Gasteiger partial charge in [0.25, 0.3) is 0 Å². The summed E-state index contributed by atoms with van der Waals surface area (Å²) in [6.45, 7) is 0.890. The van der Waals surface area contributed by atoms with Gasteiger partial charge in [-0.1, -0.05) is 39.7 Å². The summed E-state index contributed by atoms with van der Waals surface area (Å²) in [5, 5.41) is 0.707. The van der Waals surface area contributed by atoms with Crippen LogP contribution in [-0.4, -0.2) is 13.6 Å². The Morgan fingerprint density at radius 1 is 1.21 bits per heavy atom. The Bertz CT molecular complexity index is 572. The number of hydrogen-bond acceptors (Lipinski definition) is 2. The van der Waals surface area contributed by atoms with Crippen molar-refractivity contribution < 1.29 is 0 Å². The highest BCUT2D eigenvalue weighted by Crippen LogP contribution is 2.26. The molecular weight excluding hydrogens is 324 g/mol. The Hall–Kier alpha value is -1.19. The molecule has 19 heavy (non-hydrogen) atoms. The Kier molecular flexibility index (Phi) is 4.72. The van der Waals surface area contributed by atoms with Crippen LogP contribution in [0.2, 0.25) is 5.02 Å². The predicted molar refractivity (Wildman–Crippen MR) is 87.0 cm³/mol. The minimum Gasteiger partial charge on any atom is -0.397 e. The first-order valence-corrected chi connectivity index (χ1v) is 7.24. The molecule has 0 aliphatic carbocycles. The Morgan fingerprint density at radius 3 is 2.74 bits per heavy atom. The van der Waals surface area contributed by atoms with E-state index in [-0.39, 0.29) is 0 Å². The molecule has 0 atom stereocenters. The Balaban J connectivity index is 2.05. The lowest BCUT2D eigenvalue weighted by Crippen LogP contribution is -2.21. The smallest absolute Gasteiger partial charge is 0.0612 e. The molecule has 4 heteroatoms. The summed E-state index contributed by atoms with van der Waals surface area (Å²) in [7, 11) is 2.03. The van der Waals surface area contributed by atoms with Gasteiger partial charge in [-0.15, -0.1) is 0 Å². The number of benzene rings is 2. The molecule has 100 valence electrons. The molecule has 0 aliphatic rings. The third-order valence-electron chi connectivity index (χ3n) is 3.03. The van der Waals surface area contributed by atoms with Crippen LogP contribution in [0.1, 0.15) is 5.56 Å². The molecule has 2 aromatic rings. The summed E-state index contributed by atoms with van der Waals surface area (Å²) < 4.78 is 1.11. The van der Waals surface area contributed by atoms with E-state index in [0.717, 1.165) is 28.8 Å². The number of anilines is 2. The van der Waals surface area contributed by atoms with Crippen molar-refractivity contribution in [2.45, 2.75) is 6.42 Å².